The van der Waals surface area contributed by atoms with Gasteiger partial charge in [-0.1, -0.05) is 11.6 Å². The van der Waals surface area contributed by atoms with Crippen LogP contribution in [0.1, 0.15) is 54.3 Å². The minimum Gasteiger partial charge on any atom is -0.475 e. The van der Waals surface area contributed by atoms with Gasteiger partial charge in [0.05, 0.1) is 5.69 Å². The van der Waals surface area contributed by atoms with Gasteiger partial charge in [0.15, 0.2) is 0 Å². The van der Waals surface area contributed by atoms with E-state index >= 15 is 0 Å². The molecule has 1 amide bonds. The standard InChI is InChI=1S/C16H20N2O4/c19-15(14-10-2-1-3-11(10)14)18-6-4-9(5-7-18)12-8-13(16(20)21)22-17-12/h8-11,14H,1-7H2,(H,20,21). The van der Waals surface area contributed by atoms with Crippen LogP contribution in [0.3, 0.4) is 0 Å². The monoisotopic (exact) mass is 304 g/mol. The van der Waals surface area contributed by atoms with Crippen molar-refractivity contribution in [1.29, 1.82) is 0 Å². The number of carboxylic acid groups (broad SMARTS) is 1. The van der Waals surface area contributed by atoms with Crippen molar-refractivity contribution in [1.82, 2.24) is 10.1 Å². The van der Waals surface area contributed by atoms with E-state index in [1.54, 1.807) is 0 Å². The first-order valence-electron chi connectivity index (χ1n) is 8.14. The second kappa shape index (κ2) is 5.11. The van der Waals surface area contributed by atoms with Crippen molar-refractivity contribution in [2.24, 2.45) is 17.8 Å². The summed E-state index contributed by atoms with van der Waals surface area (Å²) in [6.07, 6.45) is 5.42. The molecule has 118 valence electrons. The van der Waals surface area contributed by atoms with Crippen molar-refractivity contribution in [3.05, 3.63) is 17.5 Å². The Morgan fingerprint density at radius 2 is 1.86 bits per heavy atom. The summed E-state index contributed by atoms with van der Waals surface area (Å²) in [5.41, 5.74) is 0.702. The predicted octanol–water partition coefficient (Wildman–Crippen LogP) is 2.12. The predicted molar refractivity (Wildman–Crippen MR) is 76.3 cm³/mol. The number of hydrogen-bond acceptors (Lipinski definition) is 4. The van der Waals surface area contributed by atoms with Gasteiger partial charge in [-0.3, -0.25) is 4.79 Å². The van der Waals surface area contributed by atoms with Gasteiger partial charge in [0.2, 0.25) is 11.7 Å². The lowest BCUT2D eigenvalue weighted by Gasteiger charge is -2.31. The quantitative estimate of drug-likeness (QED) is 0.924. The minimum absolute atomic E-state index is 0.112. The zero-order chi connectivity index (χ0) is 15.3. The second-order valence-electron chi connectivity index (χ2n) is 6.81. The lowest BCUT2D eigenvalue weighted by Crippen LogP contribution is -2.39. The number of carbonyl (C=O) groups is 2. The van der Waals surface area contributed by atoms with Gasteiger partial charge in [-0.2, -0.15) is 0 Å². The molecule has 1 N–H and O–H groups in total. The third-order valence-corrected chi connectivity index (χ3v) is 5.66. The lowest BCUT2D eigenvalue weighted by atomic mass is 9.93. The molecule has 3 aliphatic rings. The number of nitrogens with zero attached hydrogens (tertiary/aromatic N) is 2. The van der Waals surface area contributed by atoms with Crippen LogP contribution in [0.25, 0.3) is 0 Å². The number of likely N-dealkylation sites (tertiary alicyclic amines) is 1. The Hall–Kier alpha value is -1.85. The van der Waals surface area contributed by atoms with E-state index in [0.29, 0.717) is 29.4 Å². The first-order valence-corrected chi connectivity index (χ1v) is 8.14. The number of fused-ring (bicyclic) bond motifs is 1. The van der Waals surface area contributed by atoms with E-state index in [9.17, 15) is 9.59 Å². The Balaban J connectivity index is 1.34. The van der Waals surface area contributed by atoms with Gasteiger partial charge < -0.3 is 14.5 Å². The summed E-state index contributed by atoms with van der Waals surface area (Å²) in [4.78, 5) is 25.4. The fourth-order valence-corrected chi connectivity index (χ4v) is 4.38. The van der Waals surface area contributed by atoms with Crippen LogP contribution >= 0.6 is 0 Å². The first kappa shape index (κ1) is 13.8. The fourth-order valence-electron chi connectivity index (χ4n) is 4.38. The third-order valence-electron chi connectivity index (χ3n) is 5.66. The van der Waals surface area contributed by atoms with Crippen LogP contribution in [0.5, 0.6) is 0 Å². The zero-order valence-electron chi connectivity index (χ0n) is 12.4. The molecular weight excluding hydrogens is 284 g/mol. The number of amides is 1. The van der Waals surface area contributed by atoms with Gasteiger partial charge in [0, 0.05) is 31.0 Å². The van der Waals surface area contributed by atoms with Gasteiger partial charge in [0.1, 0.15) is 0 Å². The highest BCUT2D eigenvalue weighted by atomic mass is 16.5. The SMILES string of the molecule is O=C(O)c1cc(C2CCN(C(=O)C3C4CCCC43)CC2)no1. The zero-order valence-corrected chi connectivity index (χ0v) is 12.4. The van der Waals surface area contributed by atoms with E-state index < -0.39 is 5.97 Å². The van der Waals surface area contributed by atoms with Crippen LogP contribution in [-0.2, 0) is 4.79 Å². The topological polar surface area (TPSA) is 83.6 Å². The fraction of sp³-hybridized carbons (Fsp3) is 0.688. The van der Waals surface area contributed by atoms with Crippen LogP contribution in [0.15, 0.2) is 10.6 Å². The number of aromatic carboxylic acids is 1. The number of aromatic nitrogens is 1. The maximum absolute atomic E-state index is 12.5. The molecule has 1 aromatic heterocycles. The molecule has 1 aliphatic heterocycles. The summed E-state index contributed by atoms with van der Waals surface area (Å²) in [6.45, 7) is 1.49. The van der Waals surface area contributed by atoms with E-state index in [4.69, 9.17) is 9.63 Å². The molecule has 0 bridgehead atoms. The third kappa shape index (κ3) is 2.21. The molecule has 2 unspecified atom stereocenters. The number of hydrogen-bond donors (Lipinski definition) is 1. The average molecular weight is 304 g/mol. The van der Waals surface area contributed by atoms with Crippen LogP contribution in [-0.4, -0.2) is 40.1 Å². The maximum atomic E-state index is 12.5. The molecule has 1 aromatic rings. The van der Waals surface area contributed by atoms with Crippen molar-refractivity contribution < 1.29 is 19.2 Å². The molecule has 6 nitrogen and oxygen atoms in total. The smallest absolute Gasteiger partial charge is 0.374 e. The second-order valence-corrected chi connectivity index (χ2v) is 6.81. The summed E-state index contributed by atoms with van der Waals surface area (Å²) < 4.78 is 4.82. The van der Waals surface area contributed by atoms with Crippen LogP contribution < -0.4 is 0 Å². The Bertz CT molecular complexity index is 593. The lowest BCUT2D eigenvalue weighted by molar-refractivity contribution is -0.134. The molecule has 2 aliphatic carbocycles. The largest absolute Gasteiger partial charge is 0.475 e. The molecule has 22 heavy (non-hydrogen) atoms. The normalized spacial score (nSPS) is 31.1. The van der Waals surface area contributed by atoms with Gasteiger partial charge in [-0.25, -0.2) is 4.79 Å². The van der Waals surface area contributed by atoms with Gasteiger partial charge in [-0.05, 0) is 37.5 Å². The first-order chi connectivity index (χ1) is 10.6. The number of rotatable bonds is 3. The van der Waals surface area contributed by atoms with Crippen LogP contribution in [0, 0.1) is 17.8 Å². The van der Waals surface area contributed by atoms with Gasteiger partial charge >= 0.3 is 5.97 Å². The molecule has 2 saturated carbocycles. The summed E-state index contributed by atoms with van der Waals surface area (Å²) >= 11 is 0. The minimum atomic E-state index is -1.09. The van der Waals surface area contributed by atoms with E-state index in [-0.39, 0.29) is 11.7 Å². The molecule has 3 fully saturated rings. The van der Waals surface area contributed by atoms with Crippen molar-refractivity contribution in [2.45, 2.75) is 38.0 Å². The number of carboxylic acids is 1. The highest BCUT2D eigenvalue weighted by Gasteiger charge is 2.57. The van der Waals surface area contributed by atoms with Crippen molar-refractivity contribution in [3.63, 3.8) is 0 Å². The summed E-state index contributed by atoms with van der Waals surface area (Å²) in [6, 6.07) is 1.51. The highest BCUT2D eigenvalue weighted by Crippen LogP contribution is 2.58. The molecule has 0 spiro atoms. The Labute approximate surface area is 128 Å². The number of piperidine rings is 1. The van der Waals surface area contributed by atoms with Gasteiger partial charge in [-0.15, -0.1) is 0 Å². The Morgan fingerprint density at radius 3 is 2.45 bits per heavy atom. The molecule has 6 heteroatoms. The van der Waals surface area contributed by atoms with E-state index in [2.05, 4.69) is 5.16 Å². The van der Waals surface area contributed by atoms with Crippen LogP contribution in [0.4, 0.5) is 0 Å². The number of carbonyl (C=O) groups excluding carboxylic acids is 1. The summed E-state index contributed by atoms with van der Waals surface area (Å²) in [5.74, 6) is 0.971. The van der Waals surface area contributed by atoms with Gasteiger partial charge in [0.25, 0.3) is 0 Å². The van der Waals surface area contributed by atoms with Crippen molar-refractivity contribution in [2.75, 3.05) is 13.1 Å². The van der Waals surface area contributed by atoms with E-state index in [1.165, 1.54) is 25.3 Å². The van der Waals surface area contributed by atoms with Crippen molar-refractivity contribution in [3.8, 4) is 0 Å². The summed E-state index contributed by atoms with van der Waals surface area (Å²) in [7, 11) is 0. The van der Waals surface area contributed by atoms with Crippen LogP contribution in [0.2, 0.25) is 0 Å². The molecular formula is C16H20N2O4. The Kier molecular flexibility index (Phi) is 3.20. The molecule has 2 heterocycles. The maximum Gasteiger partial charge on any atom is 0.374 e. The molecule has 4 rings (SSSR count). The molecule has 0 aromatic carbocycles. The Morgan fingerprint density at radius 1 is 1.18 bits per heavy atom. The molecule has 2 atom stereocenters. The van der Waals surface area contributed by atoms with E-state index in [1.807, 2.05) is 4.90 Å². The summed E-state index contributed by atoms with van der Waals surface area (Å²) in [5, 5.41) is 12.7. The van der Waals surface area contributed by atoms with E-state index in [0.717, 1.165) is 25.9 Å². The average Bonchev–Trinajstić information content (AvgIpc) is 2.93. The van der Waals surface area contributed by atoms with Crippen molar-refractivity contribution >= 4 is 11.9 Å². The molecule has 0 radical (unpaired) electrons. The molecule has 1 saturated heterocycles. The highest BCUT2D eigenvalue weighted by molar-refractivity contribution is 5.84.